The van der Waals surface area contributed by atoms with Gasteiger partial charge in [-0.15, -0.1) is 13.2 Å². The van der Waals surface area contributed by atoms with E-state index < -0.39 is 35.6 Å². The summed E-state index contributed by atoms with van der Waals surface area (Å²) in [6.45, 7) is 0. The van der Waals surface area contributed by atoms with E-state index in [-0.39, 0.29) is 17.0 Å². The number of alkyl halides is 3. The molecule has 7 nitrogen and oxygen atoms in total. The van der Waals surface area contributed by atoms with Crippen LogP contribution in [-0.2, 0) is 4.79 Å². The van der Waals surface area contributed by atoms with Crippen molar-refractivity contribution in [2.75, 3.05) is 12.0 Å². The minimum Gasteiger partial charge on any atom is -0.503 e. The van der Waals surface area contributed by atoms with Gasteiger partial charge < -0.3 is 19.0 Å². The second-order valence-electron chi connectivity index (χ2n) is 8.14. The maximum absolute atomic E-state index is 13.6. The Labute approximate surface area is 207 Å². The van der Waals surface area contributed by atoms with Crippen LogP contribution in [0.25, 0.3) is 11.0 Å². The van der Waals surface area contributed by atoms with E-state index >= 15 is 0 Å². The van der Waals surface area contributed by atoms with E-state index in [0.29, 0.717) is 22.3 Å². The summed E-state index contributed by atoms with van der Waals surface area (Å²) in [5.41, 5.74) is 0.485. The van der Waals surface area contributed by atoms with Gasteiger partial charge in [0.05, 0.1) is 18.7 Å². The van der Waals surface area contributed by atoms with Crippen molar-refractivity contribution in [3.05, 3.63) is 102 Å². The number of para-hydroxylation sites is 1. The van der Waals surface area contributed by atoms with Crippen molar-refractivity contribution in [1.29, 1.82) is 0 Å². The number of furan rings is 1. The molecule has 10 heteroatoms. The Morgan fingerprint density at radius 2 is 1.70 bits per heavy atom. The van der Waals surface area contributed by atoms with E-state index in [1.165, 1.54) is 25.3 Å². The van der Waals surface area contributed by atoms with Crippen molar-refractivity contribution < 1.29 is 41.8 Å². The van der Waals surface area contributed by atoms with Gasteiger partial charge in [-0.3, -0.25) is 14.5 Å². The number of Topliss-reactive ketones (excluding diaryl/α,β-unsaturated/α-hetero) is 1. The Morgan fingerprint density at radius 1 is 0.973 bits per heavy atom. The van der Waals surface area contributed by atoms with Gasteiger partial charge >= 0.3 is 6.36 Å². The van der Waals surface area contributed by atoms with Crippen molar-refractivity contribution in [1.82, 2.24) is 0 Å². The van der Waals surface area contributed by atoms with Crippen LogP contribution in [0.1, 0.15) is 22.2 Å². The average Bonchev–Trinajstić information content (AvgIpc) is 3.42. The second-order valence-corrected chi connectivity index (χ2v) is 8.14. The summed E-state index contributed by atoms with van der Waals surface area (Å²) in [4.78, 5) is 28.0. The van der Waals surface area contributed by atoms with Gasteiger partial charge in [0, 0.05) is 17.1 Å². The zero-order valence-corrected chi connectivity index (χ0v) is 19.2. The number of aliphatic hydroxyl groups is 1. The number of nitrogens with zero attached hydrogens (tertiary/aromatic N) is 1. The van der Waals surface area contributed by atoms with Crippen LogP contribution in [0.5, 0.6) is 11.5 Å². The molecule has 1 aliphatic heterocycles. The van der Waals surface area contributed by atoms with Gasteiger partial charge in [-0.1, -0.05) is 36.4 Å². The quantitative estimate of drug-likeness (QED) is 0.315. The fourth-order valence-electron chi connectivity index (χ4n) is 4.29. The molecular formula is C27H18F3NO6. The molecule has 0 radical (unpaired) electrons. The number of rotatable bonds is 6. The van der Waals surface area contributed by atoms with E-state index in [0.717, 1.165) is 17.0 Å². The third-order valence-corrected chi connectivity index (χ3v) is 5.84. The highest BCUT2D eigenvalue weighted by atomic mass is 19.4. The SMILES string of the molecule is COc1cccc(C2C(C(=O)c3cc4ccccc4o3)=C(O)C(=O)N2c2cccc(OC(F)(F)F)c2)c1. The molecule has 188 valence electrons. The molecule has 5 rings (SSSR count). The van der Waals surface area contributed by atoms with Crippen LogP contribution in [0.2, 0.25) is 0 Å². The topological polar surface area (TPSA) is 89.2 Å². The molecule has 0 saturated heterocycles. The molecule has 1 N–H and O–H groups in total. The van der Waals surface area contributed by atoms with Gasteiger partial charge in [-0.2, -0.15) is 0 Å². The molecule has 1 aliphatic rings. The Bertz CT molecular complexity index is 1520. The van der Waals surface area contributed by atoms with Gasteiger partial charge in [-0.05, 0) is 42.0 Å². The van der Waals surface area contributed by atoms with Crippen LogP contribution in [0.15, 0.2) is 94.6 Å². The summed E-state index contributed by atoms with van der Waals surface area (Å²) >= 11 is 0. The number of aliphatic hydroxyl groups excluding tert-OH is 1. The lowest BCUT2D eigenvalue weighted by Crippen LogP contribution is -2.31. The van der Waals surface area contributed by atoms with Crippen LogP contribution >= 0.6 is 0 Å². The summed E-state index contributed by atoms with van der Waals surface area (Å²) in [5, 5.41) is 11.5. The molecule has 0 bridgehead atoms. The minimum atomic E-state index is -4.96. The predicted molar refractivity (Wildman–Crippen MR) is 127 cm³/mol. The first-order chi connectivity index (χ1) is 17.7. The molecule has 37 heavy (non-hydrogen) atoms. The highest BCUT2D eigenvalue weighted by molar-refractivity contribution is 6.20. The second kappa shape index (κ2) is 9.05. The van der Waals surface area contributed by atoms with Crippen molar-refractivity contribution in [2.45, 2.75) is 12.4 Å². The maximum Gasteiger partial charge on any atom is 0.573 e. The molecule has 3 aromatic carbocycles. The fraction of sp³-hybridized carbons (Fsp3) is 0.111. The number of amides is 1. The molecule has 2 heterocycles. The predicted octanol–water partition coefficient (Wildman–Crippen LogP) is 6.12. The van der Waals surface area contributed by atoms with E-state index in [9.17, 15) is 27.9 Å². The van der Waals surface area contributed by atoms with Crippen LogP contribution in [-0.4, -0.2) is 30.3 Å². The monoisotopic (exact) mass is 509 g/mol. The molecule has 1 amide bonds. The first-order valence-electron chi connectivity index (χ1n) is 11.0. The van der Waals surface area contributed by atoms with E-state index in [4.69, 9.17) is 9.15 Å². The number of hydrogen-bond donors (Lipinski definition) is 1. The smallest absolute Gasteiger partial charge is 0.503 e. The number of carbonyl (C=O) groups excluding carboxylic acids is 2. The normalized spacial score (nSPS) is 15.9. The number of ketones is 1. The van der Waals surface area contributed by atoms with Crippen molar-refractivity contribution in [2.24, 2.45) is 0 Å². The minimum absolute atomic E-state index is 0.0291. The van der Waals surface area contributed by atoms with Crippen molar-refractivity contribution in [3.63, 3.8) is 0 Å². The number of methoxy groups -OCH3 is 1. The van der Waals surface area contributed by atoms with Crippen LogP contribution < -0.4 is 14.4 Å². The molecule has 1 atom stereocenters. The fourth-order valence-corrected chi connectivity index (χ4v) is 4.29. The third kappa shape index (κ3) is 4.49. The van der Waals surface area contributed by atoms with Crippen LogP contribution in [0.3, 0.4) is 0 Å². The van der Waals surface area contributed by atoms with Crippen LogP contribution in [0.4, 0.5) is 18.9 Å². The lowest BCUT2D eigenvalue weighted by atomic mass is 9.94. The van der Waals surface area contributed by atoms with Crippen molar-refractivity contribution >= 4 is 28.3 Å². The maximum atomic E-state index is 13.6. The van der Waals surface area contributed by atoms with Gasteiger partial charge in [-0.25, -0.2) is 0 Å². The van der Waals surface area contributed by atoms with Gasteiger partial charge in [0.25, 0.3) is 5.91 Å². The number of fused-ring (bicyclic) bond motifs is 1. The number of halogens is 3. The molecule has 0 spiro atoms. The Kier molecular flexibility index (Phi) is 5.87. The summed E-state index contributed by atoms with van der Waals surface area (Å²) < 4.78 is 53.5. The lowest BCUT2D eigenvalue weighted by molar-refractivity contribution is -0.274. The summed E-state index contributed by atoms with van der Waals surface area (Å²) in [5.74, 6) is -2.85. The zero-order chi connectivity index (χ0) is 26.3. The average molecular weight is 509 g/mol. The summed E-state index contributed by atoms with van der Waals surface area (Å²) in [6, 6.07) is 18.3. The number of anilines is 1. The number of carbonyl (C=O) groups is 2. The lowest BCUT2D eigenvalue weighted by Gasteiger charge is -2.27. The Morgan fingerprint density at radius 3 is 2.43 bits per heavy atom. The Balaban J connectivity index is 1.64. The van der Waals surface area contributed by atoms with Gasteiger partial charge in [0.15, 0.2) is 11.5 Å². The van der Waals surface area contributed by atoms with E-state index in [2.05, 4.69) is 4.74 Å². The molecule has 4 aromatic rings. The van der Waals surface area contributed by atoms with E-state index in [1.54, 1.807) is 48.5 Å². The largest absolute Gasteiger partial charge is 0.573 e. The number of ether oxygens (including phenoxy) is 2. The number of benzene rings is 3. The molecule has 1 aromatic heterocycles. The Hall–Kier alpha value is -4.73. The highest BCUT2D eigenvalue weighted by Gasteiger charge is 2.45. The summed E-state index contributed by atoms with van der Waals surface area (Å²) in [7, 11) is 1.43. The van der Waals surface area contributed by atoms with E-state index in [1.807, 2.05) is 0 Å². The first kappa shape index (κ1) is 24.0. The molecule has 0 aliphatic carbocycles. The highest BCUT2D eigenvalue weighted by Crippen LogP contribution is 2.44. The summed E-state index contributed by atoms with van der Waals surface area (Å²) in [6.07, 6.45) is -4.96. The molecular weight excluding hydrogens is 491 g/mol. The standard InChI is InChI=1S/C27H18F3NO6/c1-35-18-9-4-7-16(12-18)23-22(24(32)21-13-15-6-2-3-11-20(15)36-21)25(33)26(34)31(23)17-8-5-10-19(14-17)37-27(28,29)30/h2-14,23,33H,1H3. The molecule has 0 saturated carbocycles. The molecule has 0 fully saturated rings. The number of hydrogen-bond acceptors (Lipinski definition) is 6. The third-order valence-electron chi connectivity index (χ3n) is 5.84. The first-order valence-corrected chi connectivity index (χ1v) is 11.0. The zero-order valence-electron chi connectivity index (χ0n) is 19.2. The van der Waals surface area contributed by atoms with Crippen LogP contribution in [0, 0.1) is 0 Å². The van der Waals surface area contributed by atoms with Gasteiger partial charge in [0.2, 0.25) is 5.78 Å². The molecule has 1 unspecified atom stereocenters. The van der Waals surface area contributed by atoms with Gasteiger partial charge in [0.1, 0.15) is 17.1 Å². The van der Waals surface area contributed by atoms with Crippen molar-refractivity contribution in [3.8, 4) is 11.5 Å².